The highest BCUT2D eigenvalue weighted by molar-refractivity contribution is 7.21. The highest BCUT2D eigenvalue weighted by Crippen LogP contribution is 2.35. The number of hydrogen-bond donors (Lipinski definition) is 0. The molecule has 0 aliphatic heterocycles. The minimum atomic E-state index is -0.962. The van der Waals surface area contributed by atoms with E-state index in [4.69, 9.17) is 25.8 Å². The van der Waals surface area contributed by atoms with Crippen molar-refractivity contribution in [1.82, 2.24) is 19.9 Å². The van der Waals surface area contributed by atoms with Crippen LogP contribution in [-0.2, 0) is 4.74 Å². The highest BCUT2D eigenvalue weighted by Gasteiger charge is 2.22. The topological polar surface area (TPSA) is 96.3 Å². The number of benzene rings is 1. The number of aryl methyl sites for hydroxylation is 1. The van der Waals surface area contributed by atoms with E-state index in [1.807, 2.05) is 26.0 Å². The van der Waals surface area contributed by atoms with Gasteiger partial charge in [-0.2, -0.15) is 4.98 Å². The molecular formula is C22H20ClFN4O4S. The molecule has 0 fully saturated rings. The smallest absolute Gasteiger partial charge is 0.404 e. The van der Waals surface area contributed by atoms with Crippen LogP contribution in [-0.4, -0.2) is 44.2 Å². The van der Waals surface area contributed by atoms with E-state index in [-0.39, 0.29) is 5.88 Å². The summed E-state index contributed by atoms with van der Waals surface area (Å²) in [6.45, 7) is 7.54. The van der Waals surface area contributed by atoms with Crippen LogP contribution in [0.1, 0.15) is 26.3 Å². The lowest BCUT2D eigenvalue weighted by Gasteiger charge is -2.20. The van der Waals surface area contributed by atoms with E-state index in [0.717, 1.165) is 11.1 Å². The zero-order valence-corrected chi connectivity index (χ0v) is 19.8. The maximum absolute atomic E-state index is 14.7. The molecule has 0 aliphatic rings. The van der Waals surface area contributed by atoms with Gasteiger partial charge in [-0.3, -0.25) is 0 Å². The maximum atomic E-state index is 14.7. The summed E-state index contributed by atoms with van der Waals surface area (Å²) >= 11 is 6.52. The molecule has 0 spiro atoms. The lowest BCUT2D eigenvalue weighted by molar-refractivity contribution is 0.0433. The predicted molar refractivity (Wildman–Crippen MR) is 124 cm³/mol. The van der Waals surface area contributed by atoms with Crippen LogP contribution in [0.2, 0.25) is 0 Å². The van der Waals surface area contributed by atoms with Crippen molar-refractivity contribution in [3.63, 3.8) is 0 Å². The molecule has 2 unspecified atom stereocenters. The van der Waals surface area contributed by atoms with E-state index < -0.39 is 23.5 Å². The third-order valence-corrected chi connectivity index (χ3v) is 5.92. The number of fused-ring (bicyclic) bond motifs is 2. The molecule has 0 saturated heterocycles. The Morgan fingerprint density at radius 1 is 1.15 bits per heavy atom. The van der Waals surface area contributed by atoms with E-state index in [1.54, 1.807) is 20.0 Å². The fourth-order valence-corrected chi connectivity index (χ4v) is 4.24. The number of carbonyl (C=O) groups excluding carboxylic acids is 1. The van der Waals surface area contributed by atoms with Gasteiger partial charge in [0.15, 0.2) is 5.82 Å². The van der Waals surface area contributed by atoms with Crippen molar-refractivity contribution in [3.8, 4) is 22.3 Å². The van der Waals surface area contributed by atoms with E-state index in [1.165, 1.54) is 17.4 Å². The van der Waals surface area contributed by atoms with Crippen LogP contribution in [0.4, 0.5) is 9.18 Å². The summed E-state index contributed by atoms with van der Waals surface area (Å²) < 4.78 is 30.6. The second-order valence-electron chi connectivity index (χ2n) is 7.32. The Morgan fingerprint density at radius 3 is 2.67 bits per heavy atom. The fraction of sp³-hybridized carbons (Fsp3) is 0.318. The summed E-state index contributed by atoms with van der Waals surface area (Å²) in [4.78, 5) is 29.3. The van der Waals surface area contributed by atoms with Crippen molar-refractivity contribution >= 4 is 49.7 Å². The number of halogens is 2. The van der Waals surface area contributed by atoms with Crippen molar-refractivity contribution < 1.29 is 23.4 Å². The highest BCUT2D eigenvalue weighted by atomic mass is 35.5. The summed E-state index contributed by atoms with van der Waals surface area (Å²) in [5.74, 6) is -0.441. The Balaban J connectivity index is 1.71. The van der Waals surface area contributed by atoms with Gasteiger partial charge < -0.3 is 14.2 Å². The molecule has 11 heteroatoms. The normalized spacial score (nSPS) is 13.2. The number of aromatic nitrogens is 4. The molecular weight excluding hydrogens is 471 g/mol. The van der Waals surface area contributed by atoms with Gasteiger partial charge in [0.25, 0.3) is 5.88 Å². The predicted octanol–water partition coefficient (Wildman–Crippen LogP) is 5.68. The van der Waals surface area contributed by atoms with Crippen molar-refractivity contribution in [2.45, 2.75) is 39.9 Å². The van der Waals surface area contributed by atoms with Gasteiger partial charge in [-0.05, 0) is 45.4 Å². The molecule has 0 aliphatic carbocycles. The number of hydrogen-bond acceptors (Lipinski definition) is 9. The molecule has 1 aromatic carbocycles. The van der Waals surface area contributed by atoms with Crippen molar-refractivity contribution in [3.05, 3.63) is 35.8 Å². The fourth-order valence-electron chi connectivity index (χ4n) is 3.17. The average molecular weight is 491 g/mol. The molecule has 0 saturated carbocycles. The lowest BCUT2D eigenvalue weighted by Crippen LogP contribution is -2.30. The number of thiazole rings is 1. The second kappa shape index (κ2) is 9.40. The van der Waals surface area contributed by atoms with E-state index in [2.05, 4.69) is 19.9 Å². The first-order chi connectivity index (χ1) is 15.7. The third-order valence-electron chi connectivity index (χ3n) is 4.83. The number of ether oxygens (including phenoxy) is 3. The van der Waals surface area contributed by atoms with Crippen LogP contribution in [0.25, 0.3) is 32.0 Å². The van der Waals surface area contributed by atoms with Crippen molar-refractivity contribution in [2.75, 3.05) is 6.61 Å². The summed E-state index contributed by atoms with van der Waals surface area (Å²) in [5.41, 5.74) is 2.50. The Labute approximate surface area is 197 Å². The Hall–Kier alpha value is -3.11. The molecule has 0 N–H and O–H groups in total. The van der Waals surface area contributed by atoms with Gasteiger partial charge in [-0.25, -0.2) is 24.1 Å². The Bertz CT molecular complexity index is 1350. The first-order valence-corrected chi connectivity index (χ1v) is 11.3. The first-order valence-electron chi connectivity index (χ1n) is 10.2. The molecule has 172 valence electrons. The number of rotatable bonds is 7. The minimum Gasteiger partial charge on any atom is -0.477 e. The molecule has 8 nitrogen and oxygen atoms in total. The molecule has 4 aromatic rings. The molecule has 0 radical (unpaired) electrons. The number of nitrogens with zero attached hydrogens (tertiary/aromatic N) is 4. The molecule has 0 bridgehead atoms. The quantitative estimate of drug-likeness (QED) is 0.305. The van der Waals surface area contributed by atoms with E-state index >= 15 is 0 Å². The minimum absolute atomic E-state index is 0.210. The largest absolute Gasteiger partial charge is 0.477 e. The molecule has 3 aromatic heterocycles. The van der Waals surface area contributed by atoms with Gasteiger partial charge in [0.1, 0.15) is 27.6 Å². The van der Waals surface area contributed by atoms with Crippen LogP contribution in [0.5, 0.6) is 11.8 Å². The molecule has 33 heavy (non-hydrogen) atoms. The second-order valence-corrected chi connectivity index (χ2v) is 8.61. The molecule has 3 heterocycles. The van der Waals surface area contributed by atoms with Crippen LogP contribution >= 0.6 is 22.9 Å². The lowest BCUT2D eigenvalue weighted by atomic mass is 10.1. The number of pyridine rings is 1. The standard InChI is InChI=1S/C22H20ClFN4O4S/c1-5-30-17-9-25-18-13(6-10(2)7-15(18)26-17)20-27-16-8-14(24)19(28-21(16)33-20)31-11(3)12(4)32-22(23)29/h6-9,11-12H,5H2,1-4H3. The van der Waals surface area contributed by atoms with Crippen LogP contribution in [0.3, 0.4) is 0 Å². The van der Waals surface area contributed by atoms with Gasteiger partial charge >= 0.3 is 5.43 Å². The third kappa shape index (κ3) is 4.96. The molecule has 0 amide bonds. The van der Waals surface area contributed by atoms with Gasteiger partial charge in [0.2, 0.25) is 5.88 Å². The Morgan fingerprint density at radius 2 is 1.94 bits per heavy atom. The van der Waals surface area contributed by atoms with Gasteiger partial charge in [0, 0.05) is 23.2 Å². The first kappa shape index (κ1) is 23.1. The molecule has 4 rings (SSSR count). The maximum Gasteiger partial charge on any atom is 0.404 e. The van der Waals surface area contributed by atoms with Crippen LogP contribution in [0.15, 0.2) is 24.4 Å². The van der Waals surface area contributed by atoms with Crippen molar-refractivity contribution in [2.24, 2.45) is 0 Å². The summed E-state index contributed by atoms with van der Waals surface area (Å²) in [7, 11) is 0. The SMILES string of the molecule is CCOc1cnc2c(-c3nc4cc(F)c(OC(C)C(C)OC(=O)Cl)nc4s3)cc(C)cc2n1. The van der Waals surface area contributed by atoms with Gasteiger partial charge in [-0.1, -0.05) is 11.3 Å². The van der Waals surface area contributed by atoms with E-state index in [9.17, 15) is 9.18 Å². The average Bonchev–Trinajstić information content (AvgIpc) is 3.15. The zero-order valence-electron chi connectivity index (χ0n) is 18.3. The van der Waals surface area contributed by atoms with Crippen LogP contribution < -0.4 is 9.47 Å². The zero-order chi connectivity index (χ0) is 23.7. The number of carbonyl (C=O) groups is 1. The van der Waals surface area contributed by atoms with Crippen molar-refractivity contribution in [1.29, 1.82) is 0 Å². The summed E-state index contributed by atoms with van der Waals surface area (Å²) in [6.07, 6.45) is 0.204. The molecule has 2 atom stereocenters. The van der Waals surface area contributed by atoms with Gasteiger partial charge in [0.05, 0.1) is 23.8 Å². The monoisotopic (exact) mass is 490 g/mol. The summed E-state index contributed by atoms with van der Waals surface area (Å²) in [6, 6.07) is 5.13. The van der Waals surface area contributed by atoms with Crippen LogP contribution in [0, 0.1) is 12.7 Å². The Kier molecular flexibility index (Phi) is 6.57. The summed E-state index contributed by atoms with van der Waals surface area (Å²) in [5, 5.41) is 0.624. The van der Waals surface area contributed by atoms with E-state index in [0.29, 0.717) is 38.9 Å². The van der Waals surface area contributed by atoms with Gasteiger partial charge in [-0.15, -0.1) is 0 Å².